The summed E-state index contributed by atoms with van der Waals surface area (Å²) in [5, 5.41) is 22.9. The van der Waals surface area contributed by atoms with Crippen LogP contribution in [0.1, 0.15) is 63.0 Å². The second-order valence-electron chi connectivity index (χ2n) is 5.04. The smallest absolute Gasteiger partial charge is 0.213 e. The molecule has 0 aliphatic heterocycles. The number of nitrogens with zero attached hydrogens (tertiary/aromatic N) is 2. The first kappa shape index (κ1) is 17.6. The van der Waals surface area contributed by atoms with Crippen molar-refractivity contribution in [2.45, 2.75) is 57.5 Å². The lowest BCUT2D eigenvalue weighted by Crippen LogP contribution is -2.25. The normalized spacial score (nSPS) is 23.0. The molecule has 1 aromatic heterocycles. The van der Waals surface area contributed by atoms with Gasteiger partial charge in [0.05, 0.1) is 12.6 Å². The minimum atomic E-state index is -0.388. The van der Waals surface area contributed by atoms with Gasteiger partial charge in [-0.05, 0) is 19.9 Å². The Morgan fingerprint density at radius 1 is 1.48 bits per heavy atom. The molecule has 3 N–H and O–H groups in total. The van der Waals surface area contributed by atoms with Crippen molar-refractivity contribution in [1.82, 2.24) is 15.3 Å². The molecule has 0 unspecified atom stereocenters. The summed E-state index contributed by atoms with van der Waals surface area (Å²) in [6.45, 7) is 3.98. The highest BCUT2D eigenvalue weighted by Crippen LogP contribution is 2.33. The van der Waals surface area contributed by atoms with Gasteiger partial charge in [-0.3, -0.25) is 10.1 Å². The maximum Gasteiger partial charge on any atom is 0.213 e. The number of aromatic amines is 1. The molecule has 1 aliphatic carbocycles. The molecule has 1 heterocycles. The van der Waals surface area contributed by atoms with Crippen LogP contribution in [0.25, 0.3) is 0 Å². The Balaban J connectivity index is 0.00000106. The summed E-state index contributed by atoms with van der Waals surface area (Å²) >= 11 is 0. The Bertz CT molecular complexity index is 424. The van der Waals surface area contributed by atoms with Gasteiger partial charge in [-0.15, -0.1) is 0 Å². The Morgan fingerprint density at radius 2 is 2.10 bits per heavy atom. The van der Waals surface area contributed by atoms with Gasteiger partial charge in [0.25, 0.3) is 0 Å². The highest BCUT2D eigenvalue weighted by Gasteiger charge is 2.30. The molecule has 1 fully saturated rings. The van der Waals surface area contributed by atoms with Crippen LogP contribution >= 0.6 is 0 Å². The summed E-state index contributed by atoms with van der Waals surface area (Å²) < 4.78 is 0. The van der Waals surface area contributed by atoms with Crippen LogP contribution in [0.5, 0.6) is 0 Å². The van der Waals surface area contributed by atoms with Crippen molar-refractivity contribution >= 4 is 0 Å². The Labute approximate surface area is 125 Å². The van der Waals surface area contributed by atoms with Gasteiger partial charge in [0, 0.05) is 35.6 Å². The number of hydrogen-bond acceptors (Lipinski definition) is 5. The van der Waals surface area contributed by atoms with E-state index in [2.05, 4.69) is 15.3 Å². The van der Waals surface area contributed by atoms with Crippen LogP contribution in [0.4, 0.5) is 0 Å². The number of nitrogens with one attached hydrogen (secondary N) is 2. The average molecular weight is 298 g/mol. The first-order chi connectivity index (χ1) is 10.2. The number of aliphatic hydroxyl groups excluding tert-OH is 1. The van der Waals surface area contributed by atoms with E-state index in [0.717, 1.165) is 24.4 Å². The average Bonchev–Trinajstić information content (AvgIpc) is 3.00. The molecule has 7 heteroatoms. The highest BCUT2D eigenvalue weighted by molar-refractivity contribution is 5.11. The van der Waals surface area contributed by atoms with E-state index in [9.17, 15) is 15.2 Å². The predicted molar refractivity (Wildman–Crippen MR) is 80.8 cm³/mol. The van der Waals surface area contributed by atoms with E-state index in [0.29, 0.717) is 18.8 Å². The zero-order valence-corrected chi connectivity index (χ0v) is 13.0. The lowest BCUT2D eigenvalue weighted by molar-refractivity contribution is -0.526. The SMILES string of the molecule is CC.CN[C@@H](CO)c1ncc(C2CCC([N+](=O)[O-])CC2)[nH]1. The van der Waals surface area contributed by atoms with E-state index in [1.807, 2.05) is 13.8 Å². The Morgan fingerprint density at radius 3 is 2.57 bits per heavy atom. The number of imidazole rings is 1. The van der Waals surface area contributed by atoms with Crippen molar-refractivity contribution in [3.05, 3.63) is 27.8 Å². The summed E-state index contributed by atoms with van der Waals surface area (Å²) in [5.74, 6) is 1.03. The van der Waals surface area contributed by atoms with Gasteiger partial charge >= 0.3 is 0 Å². The molecule has 1 aromatic rings. The summed E-state index contributed by atoms with van der Waals surface area (Å²) in [6.07, 6.45) is 4.67. The molecule has 2 rings (SSSR count). The lowest BCUT2D eigenvalue weighted by atomic mass is 9.84. The molecule has 21 heavy (non-hydrogen) atoms. The van der Waals surface area contributed by atoms with Crippen LogP contribution in [-0.2, 0) is 0 Å². The second-order valence-corrected chi connectivity index (χ2v) is 5.04. The number of aromatic nitrogens is 2. The number of hydrogen-bond donors (Lipinski definition) is 3. The van der Waals surface area contributed by atoms with E-state index in [-0.39, 0.29) is 23.6 Å². The molecule has 0 aromatic carbocycles. The molecule has 1 saturated carbocycles. The monoisotopic (exact) mass is 298 g/mol. The number of nitro groups is 1. The molecule has 120 valence electrons. The quantitative estimate of drug-likeness (QED) is 0.569. The molecule has 0 radical (unpaired) electrons. The van der Waals surface area contributed by atoms with Crippen molar-refractivity contribution in [2.24, 2.45) is 0 Å². The summed E-state index contributed by atoms with van der Waals surface area (Å²) in [4.78, 5) is 18.0. The fourth-order valence-electron chi connectivity index (χ4n) is 2.65. The first-order valence-electron chi connectivity index (χ1n) is 7.62. The molecular weight excluding hydrogens is 272 g/mol. The van der Waals surface area contributed by atoms with Gasteiger partial charge in [-0.25, -0.2) is 4.98 Å². The maximum atomic E-state index is 10.7. The van der Waals surface area contributed by atoms with Crippen LogP contribution in [0.15, 0.2) is 6.20 Å². The zero-order valence-electron chi connectivity index (χ0n) is 13.0. The van der Waals surface area contributed by atoms with Crippen molar-refractivity contribution in [2.75, 3.05) is 13.7 Å². The van der Waals surface area contributed by atoms with Crippen LogP contribution < -0.4 is 5.32 Å². The third-order valence-electron chi connectivity index (χ3n) is 3.91. The molecule has 7 nitrogen and oxygen atoms in total. The fraction of sp³-hybridized carbons (Fsp3) is 0.786. The highest BCUT2D eigenvalue weighted by atomic mass is 16.6. The van der Waals surface area contributed by atoms with Crippen molar-refractivity contribution in [3.63, 3.8) is 0 Å². The first-order valence-corrected chi connectivity index (χ1v) is 7.62. The van der Waals surface area contributed by atoms with Gasteiger partial charge in [0.1, 0.15) is 5.82 Å². The minimum absolute atomic E-state index is 0.0164. The summed E-state index contributed by atoms with van der Waals surface area (Å²) in [6, 6.07) is -0.579. The van der Waals surface area contributed by atoms with Gasteiger partial charge < -0.3 is 15.4 Å². The van der Waals surface area contributed by atoms with Crippen LogP contribution in [0, 0.1) is 10.1 Å². The van der Waals surface area contributed by atoms with Gasteiger partial charge in [-0.2, -0.15) is 0 Å². The molecule has 1 atom stereocenters. The number of likely N-dealkylation sites (N-methyl/N-ethyl adjacent to an activating group) is 1. The summed E-state index contributed by atoms with van der Waals surface area (Å²) in [7, 11) is 1.77. The minimum Gasteiger partial charge on any atom is -0.394 e. The molecule has 0 saturated heterocycles. The zero-order chi connectivity index (χ0) is 15.8. The van der Waals surface area contributed by atoms with E-state index < -0.39 is 0 Å². The molecule has 0 amide bonds. The Kier molecular flexibility index (Phi) is 7.31. The van der Waals surface area contributed by atoms with E-state index in [4.69, 9.17) is 0 Å². The van der Waals surface area contributed by atoms with E-state index in [1.54, 1.807) is 13.2 Å². The van der Waals surface area contributed by atoms with Crippen molar-refractivity contribution in [1.29, 1.82) is 0 Å². The molecule has 0 bridgehead atoms. The van der Waals surface area contributed by atoms with Gasteiger partial charge in [-0.1, -0.05) is 13.8 Å². The standard InChI is InChI=1S/C12H20N4O3.C2H6/c1-13-11(7-17)12-14-6-10(15-12)8-2-4-9(5-3-8)16(18)19;1-2/h6,8-9,11,13,17H,2-5,7H2,1H3,(H,14,15);1-2H3/t8?,9?,11-;/m0./s1. The van der Waals surface area contributed by atoms with Crippen LogP contribution in [0.2, 0.25) is 0 Å². The predicted octanol–water partition coefficient (Wildman–Crippen LogP) is 1.99. The third kappa shape index (κ3) is 4.50. The van der Waals surface area contributed by atoms with Gasteiger partial charge in [0.15, 0.2) is 0 Å². The topological polar surface area (TPSA) is 104 Å². The number of rotatable bonds is 5. The van der Waals surface area contributed by atoms with Crippen molar-refractivity contribution < 1.29 is 10.0 Å². The molecule has 0 spiro atoms. The molecular formula is C14H26N4O3. The fourth-order valence-corrected chi connectivity index (χ4v) is 2.65. The van der Waals surface area contributed by atoms with E-state index >= 15 is 0 Å². The Hall–Kier alpha value is -1.47. The number of aliphatic hydroxyl groups is 1. The maximum absolute atomic E-state index is 10.7. The molecule has 1 aliphatic rings. The van der Waals surface area contributed by atoms with Gasteiger partial charge in [0.2, 0.25) is 6.04 Å². The summed E-state index contributed by atoms with van der Waals surface area (Å²) in [5.41, 5.74) is 1.02. The third-order valence-corrected chi connectivity index (χ3v) is 3.91. The second kappa shape index (κ2) is 8.74. The lowest BCUT2D eigenvalue weighted by Gasteiger charge is -2.22. The number of H-pyrrole nitrogens is 1. The largest absolute Gasteiger partial charge is 0.394 e. The van der Waals surface area contributed by atoms with E-state index in [1.165, 1.54) is 0 Å². The van der Waals surface area contributed by atoms with Crippen LogP contribution in [-0.4, -0.2) is 39.7 Å². The van der Waals surface area contributed by atoms with Crippen LogP contribution in [0.3, 0.4) is 0 Å². The van der Waals surface area contributed by atoms with Crippen molar-refractivity contribution in [3.8, 4) is 0 Å².